The number of rotatable bonds is 5. The second-order valence-corrected chi connectivity index (χ2v) is 4.04. The first-order chi connectivity index (χ1) is 9.88. The van der Waals surface area contributed by atoms with Gasteiger partial charge in [-0.25, -0.2) is 18.4 Å². The quantitative estimate of drug-likeness (QED) is 0.784. The van der Waals surface area contributed by atoms with Gasteiger partial charge in [0.05, 0.1) is 17.8 Å². The van der Waals surface area contributed by atoms with Gasteiger partial charge in [-0.2, -0.15) is 0 Å². The maximum atomic E-state index is 13.5. The third-order valence-corrected chi connectivity index (χ3v) is 2.61. The van der Waals surface area contributed by atoms with Crippen LogP contribution in [0.5, 0.6) is 0 Å². The molecule has 6 nitrogen and oxygen atoms in total. The lowest BCUT2D eigenvalue weighted by Gasteiger charge is -2.07. The zero-order valence-electron chi connectivity index (χ0n) is 10.4. The summed E-state index contributed by atoms with van der Waals surface area (Å²) in [7, 11) is 0. The number of hydrogen-bond acceptors (Lipinski definition) is 4. The van der Waals surface area contributed by atoms with Gasteiger partial charge in [0.2, 0.25) is 5.76 Å². The number of benzene rings is 1. The van der Waals surface area contributed by atoms with Crippen molar-refractivity contribution in [3.63, 3.8) is 0 Å². The van der Waals surface area contributed by atoms with E-state index in [4.69, 9.17) is 14.6 Å². The Hall–Kier alpha value is -2.90. The Balaban J connectivity index is 2.17. The Morgan fingerprint density at radius 3 is 2.38 bits per heavy atom. The van der Waals surface area contributed by atoms with Crippen molar-refractivity contribution in [3.8, 4) is 0 Å². The van der Waals surface area contributed by atoms with Gasteiger partial charge >= 0.3 is 11.9 Å². The summed E-state index contributed by atoms with van der Waals surface area (Å²) < 4.78 is 31.6. The average molecular weight is 297 g/mol. The van der Waals surface area contributed by atoms with Crippen molar-refractivity contribution >= 4 is 17.6 Å². The molecule has 0 amide bonds. The van der Waals surface area contributed by atoms with Crippen LogP contribution in [0.2, 0.25) is 0 Å². The molecule has 0 saturated heterocycles. The van der Waals surface area contributed by atoms with Gasteiger partial charge in [-0.05, 0) is 18.2 Å². The molecule has 2 rings (SSSR count). The molecular formula is C13H9F2NO5. The largest absolute Gasteiger partial charge is 0.478 e. The number of furan rings is 1. The summed E-state index contributed by atoms with van der Waals surface area (Å²) in [6.45, 7) is -0.0884. The minimum Gasteiger partial charge on any atom is -0.478 e. The van der Waals surface area contributed by atoms with Crippen LogP contribution in [0.15, 0.2) is 28.7 Å². The van der Waals surface area contributed by atoms with Crippen molar-refractivity contribution in [2.24, 2.45) is 0 Å². The first kappa shape index (κ1) is 14.5. The van der Waals surface area contributed by atoms with Crippen LogP contribution >= 0.6 is 0 Å². The Morgan fingerprint density at radius 2 is 1.81 bits per heavy atom. The summed E-state index contributed by atoms with van der Waals surface area (Å²) in [5.41, 5.74) is -0.911. The molecule has 0 saturated carbocycles. The predicted octanol–water partition coefficient (Wildman–Crippen LogP) is 2.57. The zero-order chi connectivity index (χ0) is 15.6. The lowest BCUT2D eigenvalue weighted by atomic mass is 10.1. The zero-order valence-corrected chi connectivity index (χ0v) is 10.4. The number of hydrogen-bond donors (Lipinski definition) is 3. The van der Waals surface area contributed by atoms with Gasteiger partial charge in [-0.1, -0.05) is 0 Å². The lowest BCUT2D eigenvalue weighted by molar-refractivity contribution is 0.0657. The number of carbonyl (C=O) groups is 2. The van der Waals surface area contributed by atoms with E-state index in [2.05, 4.69) is 5.32 Å². The number of anilines is 1. The highest BCUT2D eigenvalue weighted by Crippen LogP contribution is 2.20. The molecular weight excluding hydrogens is 288 g/mol. The van der Waals surface area contributed by atoms with Crippen LogP contribution in [0.4, 0.5) is 14.5 Å². The Morgan fingerprint density at radius 1 is 1.10 bits per heavy atom. The summed E-state index contributed by atoms with van der Waals surface area (Å²) in [5, 5.41) is 19.9. The molecule has 0 bridgehead atoms. The van der Waals surface area contributed by atoms with Gasteiger partial charge in [0.15, 0.2) is 0 Å². The third-order valence-electron chi connectivity index (χ3n) is 2.61. The van der Waals surface area contributed by atoms with E-state index >= 15 is 0 Å². The minimum absolute atomic E-state index is 0.0884. The fraction of sp³-hybridized carbons (Fsp3) is 0.0769. The number of halogens is 2. The van der Waals surface area contributed by atoms with E-state index in [-0.39, 0.29) is 23.8 Å². The molecule has 3 N–H and O–H groups in total. The van der Waals surface area contributed by atoms with E-state index in [0.29, 0.717) is 6.07 Å². The molecule has 1 aromatic heterocycles. The fourth-order valence-electron chi connectivity index (χ4n) is 1.62. The van der Waals surface area contributed by atoms with Crippen molar-refractivity contribution in [2.45, 2.75) is 6.54 Å². The van der Waals surface area contributed by atoms with Crippen LogP contribution in [0.3, 0.4) is 0 Å². The molecule has 0 aliphatic carbocycles. The van der Waals surface area contributed by atoms with Crippen LogP contribution < -0.4 is 5.32 Å². The molecule has 1 aromatic carbocycles. The Labute approximate surface area is 116 Å². The van der Waals surface area contributed by atoms with Gasteiger partial charge < -0.3 is 19.9 Å². The molecule has 0 spiro atoms. The van der Waals surface area contributed by atoms with Crippen LogP contribution in [-0.4, -0.2) is 22.2 Å². The van der Waals surface area contributed by atoms with E-state index in [1.54, 1.807) is 0 Å². The van der Waals surface area contributed by atoms with Crippen molar-refractivity contribution in [3.05, 3.63) is 53.0 Å². The topological polar surface area (TPSA) is 99.8 Å². The molecule has 0 aliphatic heterocycles. The molecule has 0 radical (unpaired) electrons. The maximum Gasteiger partial charge on any atom is 0.371 e. The van der Waals surface area contributed by atoms with Crippen molar-refractivity contribution in [2.75, 3.05) is 5.32 Å². The summed E-state index contributed by atoms with van der Waals surface area (Å²) >= 11 is 0. The summed E-state index contributed by atoms with van der Waals surface area (Å²) in [6.07, 6.45) is 0. The lowest BCUT2D eigenvalue weighted by Crippen LogP contribution is -2.06. The van der Waals surface area contributed by atoms with E-state index < -0.39 is 29.1 Å². The number of carboxylic acids is 2. The van der Waals surface area contributed by atoms with E-state index in [1.165, 1.54) is 12.1 Å². The highest BCUT2D eigenvalue weighted by Gasteiger charge is 2.15. The molecule has 1 heterocycles. The second-order valence-electron chi connectivity index (χ2n) is 4.04. The Bertz CT molecular complexity index is 711. The molecule has 0 unspecified atom stereocenters. The first-order valence-electron chi connectivity index (χ1n) is 5.66. The summed E-state index contributed by atoms with van der Waals surface area (Å²) in [4.78, 5) is 21.4. The van der Waals surface area contributed by atoms with Crippen LogP contribution in [0.25, 0.3) is 0 Å². The average Bonchev–Trinajstić information content (AvgIpc) is 2.86. The standard InChI is InChI=1S/C13H9F2NO5/c14-8-4-9(15)10(3-7(8)12(17)18)16-5-6-1-2-11(21-6)13(19)20/h1-4,16H,5H2,(H,17,18)(H,19,20). The minimum atomic E-state index is -1.53. The molecule has 110 valence electrons. The van der Waals surface area contributed by atoms with Gasteiger partial charge in [-0.3, -0.25) is 0 Å². The van der Waals surface area contributed by atoms with Crippen LogP contribution in [0, 0.1) is 11.6 Å². The second kappa shape index (κ2) is 5.61. The monoisotopic (exact) mass is 297 g/mol. The first-order valence-corrected chi connectivity index (χ1v) is 5.66. The van der Waals surface area contributed by atoms with Crippen molar-refractivity contribution in [1.29, 1.82) is 0 Å². The normalized spacial score (nSPS) is 10.4. The van der Waals surface area contributed by atoms with E-state index in [0.717, 1.165) is 6.07 Å². The third kappa shape index (κ3) is 3.16. The molecule has 0 fully saturated rings. The summed E-state index contributed by atoms with van der Waals surface area (Å²) in [5.74, 6) is -5.01. The number of carboxylic acid groups (broad SMARTS) is 2. The highest BCUT2D eigenvalue weighted by molar-refractivity contribution is 5.89. The van der Waals surface area contributed by atoms with E-state index in [1.807, 2.05) is 0 Å². The Kier molecular flexibility index (Phi) is 3.88. The van der Waals surface area contributed by atoms with E-state index in [9.17, 15) is 18.4 Å². The number of aromatic carboxylic acids is 2. The van der Waals surface area contributed by atoms with Crippen LogP contribution in [-0.2, 0) is 6.54 Å². The summed E-state index contributed by atoms with van der Waals surface area (Å²) in [6, 6.07) is 3.86. The molecule has 0 atom stereocenters. The molecule has 2 aromatic rings. The van der Waals surface area contributed by atoms with Gasteiger partial charge in [0.1, 0.15) is 17.4 Å². The maximum absolute atomic E-state index is 13.5. The smallest absolute Gasteiger partial charge is 0.371 e. The SMILES string of the molecule is O=C(O)c1ccc(CNc2cc(C(=O)O)c(F)cc2F)o1. The van der Waals surface area contributed by atoms with Crippen LogP contribution in [0.1, 0.15) is 26.7 Å². The van der Waals surface area contributed by atoms with Gasteiger partial charge in [0, 0.05) is 6.07 Å². The highest BCUT2D eigenvalue weighted by atomic mass is 19.1. The van der Waals surface area contributed by atoms with Crippen molar-refractivity contribution < 1.29 is 33.0 Å². The predicted molar refractivity (Wildman–Crippen MR) is 66.3 cm³/mol. The van der Waals surface area contributed by atoms with Crippen molar-refractivity contribution in [1.82, 2.24) is 0 Å². The number of nitrogens with one attached hydrogen (secondary N) is 1. The van der Waals surface area contributed by atoms with Gasteiger partial charge in [0.25, 0.3) is 0 Å². The molecule has 8 heteroatoms. The molecule has 0 aliphatic rings. The van der Waals surface area contributed by atoms with Gasteiger partial charge in [-0.15, -0.1) is 0 Å². The molecule has 21 heavy (non-hydrogen) atoms. The fourth-order valence-corrected chi connectivity index (χ4v) is 1.62.